The van der Waals surface area contributed by atoms with Crippen LogP contribution < -0.4 is 5.32 Å². The molecule has 2 saturated heterocycles. The van der Waals surface area contributed by atoms with E-state index in [-0.39, 0.29) is 17.8 Å². The number of sulfone groups is 1. The fraction of sp³-hybridized carbons (Fsp3) is 0.882. The predicted molar refractivity (Wildman–Crippen MR) is 102 cm³/mol. The van der Waals surface area contributed by atoms with Crippen LogP contribution in [0.5, 0.6) is 0 Å². The number of hydrogen-bond acceptors (Lipinski definition) is 5. The highest BCUT2D eigenvalue weighted by molar-refractivity contribution is 7.92. The summed E-state index contributed by atoms with van der Waals surface area (Å²) < 4.78 is 29.1. The zero-order valence-electron chi connectivity index (χ0n) is 16.3. The highest BCUT2D eigenvalue weighted by atomic mass is 32.2. The summed E-state index contributed by atoms with van der Waals surface area (Å²) >= 11 is 0. The lowest BCUT2D eigenvalue weighted by Crippen LogP contribution is -2.55. The Hall–Kier alpha value is -1.35. The van der Waals surface area contributed by atoms with E-state index in [1.54, 1.807) is 27.8 Å². The maximum absolute atomic E-state index is 12.4. The van der Waals surface area contributed by atoms with Gasteiger partial charge in [-0.3, -0.25) is 9.79 Å². The summed E-state index contributed by atoms with van der Waals surface area (Å²) in [5, 5.41) is 3.14. The number of carbonyl (C=O) groups is 1. The van der Waals surface area contributed by atoms with Gasteiger partial charge < -0.3 is 19.9 Å². The molecule has 2 rings (SSSR count). The molecule has 26 heavy (non-hydrogen) atoms. The topological polar surface area (TPSA) is 91.3 Å². The summed E-state index contributed by atoms with van der Waals surface area (Å²) in [6.07, 6.45) is 1.48. The van der Waals surface area contributed by atoms with Crippen molar-refractivity contribution >= 4 is 21.7 Å². The molecule has 0 radical (unpaired) electrons. The van der Waals surface area contributed by atoms with Gasteiger partial charge in [-0.15, -0.1) is 0 Å². The van der Waals surface area contributed by atoms with Gasteiger partial charge in [-0.25, -0.2) is 8.42 Å². The van der Waals surface area contributed by atoms with E-state index in [1.165, 1.54) is 0 Å². The molecule has 1 atom stereocenters. The Labute approximate surface area is 156 Å². The first kappa shape index (κ1) is 21.0. The van der Waals surface area contributed by atoms with Crippen molar-refractivity contribution in [2.75, 3.05) is 52.1 Å². The molecule has 0 aromatic carbocycles. The predicted octanol–water partition coefficient (Wildman–Crippen LogP) is 0.0983. The van der Waals surface area contributed by atoms with Gasteiger partial charge in [0.2, 0.25) is 0 Å². The Morgan fingerprint density at radius 3 is 2.31 bits per heavy atom. The Balaban J connectivity index is 1.80. The number of guanidine groups is 1. The molecule has 9 heteroatoms. The van der Waals surface area contributed by atoms with Crippen LogP contribution in [0, 0.1) is 0 Å². The van der Waals surface area contributed by atoms with Gasteiger partial charge in [0.25, 0.3) is 5.91 Å². The molecule has 2 fully saturated rings. The molecule has 2 aliphatic heterocycles. The van der Waals surface area contributed by atoms with Crippen molar-refractivity contribution in [2.45, 2.75) is 44.5 Å². The lowest BCUT2D eigenvalue weighted by atomic mass is 10.2. The quantitative estimate of drug-likeness (QED) is 0.542. The minimum absolute atomic E-state index is 0.0625. The number of piperazine rings is 1. The van der Waals surface area contributed by atoms with Crippen LogP contribution in [-0.4, -0.2) is 93.1 Å². The van der Waals surface area contributed by atoms with Crippen molar-refractivity contribution in [1.82, 2.24) is 15.1 Å². The van der Waals surface area contributed by atoms with Gasteiger partial charge >= 0.3 is 0 Å². The molecule has 0 saturated carbocycles. The maximum atomic E-state index is 12.4. The summed E-state index contributed by atoms with van der Waals surface area (Å²) in [6.45, 7) is 8.71. The monoisotopic (exact) mass is 388 g/mol. The SMILES string of the molecule is CN=C(NCCS(=O)(=O)C(C)(C)C)N1CCN(C(=O)C2CCCO2)CC1. The first-order valence-corrected chi connectivity index (χ1v) is 10.9. The first-order chi connectivity index (χ1) is 12.2. The molecule has 8 nitrogen and oxygen atoms in total. The average Bonchev–Trinajstić information content (AvgIpc) is 3.12. The van der Waals surface area contributed by atoms with E-state index in [0.29, 0.717) is 45.3 Å². The van der Waals surface area contributed by atoms with Crippen molar-refractivity contribution in [1.29, 1.82) is 0 Å². The molecular weight excluding hydrogens is 356 g/mol. The largest absolute Gasteiger partial charge is 0.368 e. The van der Waals surface area contributed by atoms with E-state index >= 15 is 0 Å². The molecule has 2 aliphatic rings. The summed E-state index contributed by atoms with van der Waals surface area (Å²) in [7, 11) is -1.48. The van der Waals surface area contributed by atoms with Crippen LogP contribution in [0.15, 0.2) is 4.99 Å². The number of hydrogen-bond donors (Lipinski definition) is 1. The maximum Gasteiger partial charge on any atom is 0.251 e. The number of ether oxygens (including phenoxy) is 1. The van der Waals surface area contributed by atoms with Crippen LogP contribution in [0.1, 0.15) is 33.6 Å². The molecule has 1 unspecified atom stereocenters. The second-order valence-electron chi connectivity index (χ2n) is 7.72. The van der Waals surface area contributed by atoms with Crippen molar-refractivity contribution in [3.63, 3.8) is 0 Å². The van der Waals surface area contributed by atoms with Crippen molar-refractivity contribution in [3.05, 3.63) is 0 Å². The normalized spacial score (nSPS) is 22.6. The summed E-state index contributed by atoms with van der Waals surface area (Å²) in [5.41, 5.74) is 0. The smallest absolute Gasteiger partial charge is 0.251 e. The second kappa shape index (κ2) is 8.56. The highest BCUT2D eigenvalue weighted by Gasteiger charge is 2.31. The number of aliphatic imine (C=N–C) groups is 1. The van der Waals surface area contributed by atoms with E-state index in [9.17, 15) is 13.2 Å². The van der Waals surface area contributed by atoms with E-state index in [4.69, 9.17) is 4.74 Å². The van der Waals surface area contributed by atoms with Crippen LogP contribution in [0.4, 0.5) is 0 Å². The molecule has 0 spiro atoms. The number of carbonyl (C=O) groups excluding carboxylic acids is 1. The minimum atomic E-state index is -3.16. The molecule has 0 aromatic heterocycles. The number of nitrogens with zero attached hydrogens (tertiary/aromatic N) is 3. The van der Waals surface area contributed by atoms with E-state index in [0.717, 1.165) is 12.8 Å². The van der Waals surface area contributed by atoms with Gasteiger partial charge in [-0.05, 0) is 33.6 Å². The molecule has 0 aromatic rings. The Morgan fingerprint density at radius 1 is 1.19 bits per heavy atom. The summed E-state index contributed by atoms with van der Waals surface area (Å²) in [6, 6.07) is 0. The number of rotatable bonds is 4. The second-order valence-corrected chi connectivity index (χ2v) is 10.6. The van der Waals surface area contributed by atoms with Crippen LogP contribution in [0.25, 0.3) is 0 Å². The lowest BCUT2D eigenvalue weighted by molar-refractivity contribution is -0.142. The third-order valence-corrected chi connectivity index (χ3v) is 7.50. The third kappa shape index (κ3) is 5.09. The molecule has 150 valence electrons. The highest BCUT2D eigenvalue weighted by Crippen LogP contribution is 2.17. The van der Waals surface area contributed by atoms with E-state index in [1.807, 2.05) is 4.90 Å². The minimum Gasteiger partial charge on any atom is -0.368 e. The van der Waals surface area contributed by atoms with Crippen LogP contribution >= 0.6 is 0 Å². The fourth-order valence-electron chi connectivity index (χ4n) is 3.05. The van der Waals surface area contributed by atoms with Crippen molar-refractivity contribution in [3.8, 4) is 0 Å². The first-order valence-electron chi connectivity index (χ1n) is 9.24. The Kier molecular flexibility index (Phi) is 6.90. The van der Waals surface area contributed by atoms with E-state index < -0.39 is 14.6 Å². The lowest BCUT2D eigenvalue weighted by Gasteiger charge is -2.37. The number of nitrogens with one attached hydrogen (secondary N) is 1. The standard InChI is InChI=1S/C17H32N4O4S/c1-17(2,3)26(23,24)13-7-19-16(18-4)21-10-8-20(9-11-21)15(22)14-6-5-12-25-14/h14H,5-13H2,1-4H3,(H,18,19). The van der Waals surface area contributed by atoms with Crippen LogP contribution in [0.2, 0.25) is 0 Å². The average molecular weight is 389 g/mol. The Bertz CT molecular complexity index is 613. The Morgan fingerprint density at radius 2 is 1.81 bits per heavy atom. The van der Waals surface area contributed by atoms with Gasteiger partial charge in [0, 0.05) is 46.4 Å². The van der Waals surface area contributed by atoms with Crippen molar-refractivity contribution in [2.24, 2.45) is 4.99 Å². The summed E-state index contributed by atoms with van der Waals surface area (Å²) in [4.78, 5) is 20.6. The van der Waals surface area contributed by atoms with E-state index in [2.05, 4.69) is 15.2 Å². The molecule has 0 bridgehead atoms. The van der Waals surface area contributed by atoms with Gasteiger partial charge in [0.05, 0.1) is 10.5 Å². The molecule has 1 N–H and O–H groups in total. The van der Waals surface area contributed by atoms with Gasteiger partial charge in [-0.1, -0.05) is 0 Å². The van der Waals surface area contributed by atoms with Gasteiger partial charge in [-0.2, -0.15) is 0 Å². The van der Waals surface area contributed by atoms with Crippen LogP contribution in [0.3, 0.4) is 0 Å². The zero-order chi connectivity index (χ0) is 19.4. The number of amides is 1. The van der Waals surface area contributed by atoms with Crippen LogP contribution in [-0.2, 0) is 19.4 Å². The third-order valence-electron chi connectivity index (χ3n) is 4.89. The molecule has 1 amide bonds. The molecule has 0 aliphatic carbocycles. The molecular formula is C17H32N4O4S. The molecule has 2 heterocycles. The summed E-state index contributed by atoms with van der Waals surface area (Å²) in [5.74, 6) is 0.826. The van der Waals surface area contributed by atoms with Crippen molar-refractivity contribution < 1.29 is 17.9 Å². The van der Waals surface area contributed by atoms with Gasteiger partial charge in [0.15, 0.2) is 15.8 Å². The zero-order valence-corrected chi connectivity index (χ0v) is 17.1. The van der Waals surface area contributed by atoms with Gasteiger partial charge in [0.1, 0.15) is 6.10 Å². The fourth-order valence-corrected chi connectivity index (χ4v) is 4.03.